The highest BCUT2D eigenvalue weighted by Gasteiger charge is 2.42. The van der Waals surface area contributed by atoms with E-state index in [0.717, 1.165) is 0 Å². The fraction of sp³-hybridized carbons (Fsp3) is 0.818. The number of likely N-dealkylation sites (N-methyl/N-ethyl adjacent to an activating group) is 1. The lowest BCUT2D eigenvalue weighted by Gasteiger charge is -2.31. The van der Waals surface area contributed by atoms with Gasteiger partial charge in [0.05, 0.1) is 17.5 Å². The highest BCUT2D eigenvalue weighted by Crippen LogP contribution is 2.39. The minimum Gasteiger partial charge on any atom is -0.392 e. The summed E-state index contributed by atoms with van der Waals surface area (Å²) in [7, 11) is 1.57. The molecule has 0 bridgehead atoms. The second kappa shape index (κ2) is 5.86. The first-order chi connectivity index (χ1) is 8.21. The summed E-state index contributed by atoms with van der Waals surface area (Å²) in [5.41, 5.74) is 5.33. The monoisotopic (exact) mass is 282 g/mol. The van der Waals surface area contributed by atoms with Crippen LogP contribution in [0.25, 0.3) is 0 Å². The molecule has 0 aliphatic heterocycles. The van der Waals surface area contributed by atoms with Crippen LogP contribution in [0.15, 0.2) is 0 Å². The number of carbonyl (C=O) groups is 1. The van der Waals surface area contributed by atoms with Crippen molar-refractivity contribution in [3.8, 4) is 0 Å². The second-order valence-electron chi connectivity index (χ2n) is 4.75. The van der Waals surface area contributed by atoms with E-state index in [4.69, 9.17) is 18.0 Å². The second-order valence-corrected chi connectivity index (χ2v) is 5.28. The van der Waals surface area contributed by atoms with Gasteiger partial charge in [0.2, 0.25) is 5.91 Å². The van der Waals surface area contributed by atoms with Crippen LogP contribution in [0.3, 0.4) is 0 Å². The van der Waals surface area contributed by atoms with Gasteiger partial charge in [-0.25, -0.2) is 0 Å². The Morgan fingerprint density at radius 1 is 1.33 bits per heavy atom. The molecule has 104 valence electrons. The van der Waals surface area contributed by atoms with Crippen LogP contribution in [0.5, 0.6) is 0 Å². The van der Waals surface area contributed by atoms with E-state index in [1.807, 2.05) is 0 Å². The molecule has 1 amide bonds. The highest BCUT2D eigenvalue weighted by atomic mass is 32.1. The molecule has 1 fully saturated rings. The van der Waals surface area contributed by atoms with Crippen molar-refractivity contribution in [3.05, 3.63) is 0 Å². The van der Waals surface area contributed by atoms with E-state index in [-0.39, 0.29) is 49.0 Å². The summed E-state index contributed by atoms with van der Waals surface area (Å²) >= 11 is 4.70. The van der Waals surface area contributed by atoms with Gasteiger partial charge in [0, 0.05) is 13.0 Å². The number of hydrogen-bond acceptors (Lipinski definition) is 2. The summed E-state index contributed by atoms with van der Waals surface area (Å²) in [5, 5.41) is 0. The Labute approximate surface area is 109 Å². The topological polar surface area (TPSA) is 46.3 Å². The predicted molar refractivity (Wildman–Crippen MR) is 65.9 cm³/mol. The van der Waals surface area contributed by atoms with Crippen LogP contribution in [0.2, 0.25) is 0 Å². The van der Waals surface area contributed by atoms with Crippen LogP contribution in [-0.4, -0.2) is 35.6 Å². The molecule has 0 radical (unpaired) electrons. The summed E-state index contributed by atoms with van der Waals surface area (Å²) in [6.07, 6.45) is -3.52. The molecule has 1 rings (SSSR count). The smallest absolute Gasteiger partial charge is 0.391 e. The molecule has 2 N–H and O–H groups in total. The molecule has 1 saturated carbocycles. The van der Waals surface area contributed by atoms with E-state index in [9.17, 15) is 18.0 Å². The Bertz CT molecular complexity index is 325. The number of carbonyl (C=O) groups excluding carboxylic acids is 1. The van der Waals surface area contributed by atoms with Gasteiger partial charge in [0.1, 0.15) is 0 Å². The largest absolute Gasteiger partial charge is 0.392 e. The molecule has 0 aromatic rings. The van der Waals surface area contributed by atoms with Crippen LogP contribution in [-0.2, 0) is 4.79 Å². The lowest BCUT2D eigenvalue weighted by atomic mass is 9.81. The number of hydrogen-bond donors (Lipinski definition) is 1. The van der Waals surface area contributed by atoms with Gasteiger partial charge in [-0.3, -0.25) is 4.79 Å². The molecule has 0 spiro atoms. The van der Waals surface area contributed by atoms with Crippen LogP contribution < -0.4 is 5.73 Å². The Hall–Kier alpha value is -0.850. The zero-order chi connectivity index (χ0) is 13.9. The molecule has 0 aromatic heterocycles. The molecule has 7 heteroatoms. The van der Waals surface area contributed by atoms with E-state index in [1.165, 1.54) is 4.90 Å². The van der Waals surface area contributed by atoms with Gasteiger partial charge in [-0.1, -0.05) is 12.2 Å². The van der Waals surface area contributed by atoms with Crippen LogP contribution >= 0.6 is 12.2 Å². The van der Waals surface area contributed by atoms with E-state index in [2.05, 4.69) is 0 Å². The molecule has 1 aliphatic rings. The van der Waals surface area contributed by atoms with Gasteiger partial charge >= 0.3 is 6.18 Å². The first-order valence-corrected chi connectivity index (χ1v) is 6.22. The lowest BCUT2D eigenvalue weighted by Crippen LogP contribution is -2.40. The molecule has 18 heavy (non-hydrogen) atoms. The van der Waals surface area contributed by atoms with Gasteiger partial charge in [-0.05, 0) is 25.7 Å². The maximum Gasteiger partial charge on any atom is 0.391 e. The van der Waals surface area contributed by atoms with Gasteiger partial charge in [-0.15, -0.1) is 0 Å². The molecule has 0 unspecified atom stereocenters. The quantitative estimate of drug-likeness (QED) is 0.806. The fourth-order valence-corrected chi connectivity index (χ4v) is 2.48. The van der Waals surface area contributed by atoms with Gasteiger partial charge in [0.15, 0.2) is 0 Å². The summed E-state index contributed by atoms with van der Waals surface area (Å²) in [6.45, 7) is 0.174. The third-order valence-electron chi connectivity index (χ3n) is 3.31. The van der Waals surface area contributed by atoms with E-state index >= 15 is 0 Å². The number of halogens is 3. The van der Waals surface area contributed by atoms with Crippen molar-refractivity contribution in [2.75, 3.05) is 13.6 Å². The maximum absolute atomic E-state index is 12.5. The normalized spacial score (nSPS) is 24.7. The Kier molecular flexibility index (Phi) is 4.95. The Morgan fingerprint density at radius 3 is 2.22 bits per heavy atom. The standard InChI is InChI=1S/C11H17F3N2OS/c1-16(6-9(15)18)10(17)7-2-4-8(5-3-7)11(12,13)14/h7-8H,2-6H2,1H3,(H2,15,18). The van der Waals surface area contributed by atoms with Gasteiger partial charge in [-0.2, -0.15) is 13.2 Å². The molecule has 3 nitrogen and oxygen atoms in total. The van der Waals surface area contributed by atoms with Crippen LogP contribution in [0, 0.1) is 11.8 Å². The van der Waals surface area contributed by atoms with E-state index in [1.54, 1.807) is 7.05 Å². The molecular weight excluding hydrogens is 265 g/mol. The van der Waals surface area contributed by atoms with E-state index < -0.39 is 12.1 Å². The fourth-order valence-electron chi connectivity index (χ4n) is 2.29. The summed E-state index contributed by atoms with van der Waals surface area (Å²) < 4.78 is 37.4. The van der Waals surface area contributed by atoms with E-state index in [0.29, 0.717) is 0 Å². The molecule has 0 heterocycles. The van der Waals surface area contributed by atoms with Crippen molar-refractivity contribution in [3.63, 3.8) is 0 Å². The predicted octanol–water partition coefficient (Wildman–Crippen LogP) is 2.10. The minimum atomic E-state index is -4.14. The average molecular weight is 282 g/mol. The van der Waals surface area contributed by atoms with Crippen molar-refractivity contribution in [2.45, 2.75) is 31.9 Å². The summed E-state index contributed by atoms with van der Waals surface area (Å²) in [6, 6.07) is 0. The molecule has 0 aromatic carbocycles. The number of amides is 1. The molecular formula is C11H17F3N2OS. The van der Waals surface area contributed by atoms with Crippen molar-refractivity contribution in [1.82, 2.24) is 4.90 Å². The number of nitrogens with zero attached hydrogens (tertiary/aromatic N) is 1. The maximum atomic E-state index is 12.5. The average Bonchev–Trinajstić information content (AvgIpc) is 2.26. The molecule has 0 saturated heterocycles. The molecule has 1 aliphatic carbocycles. The first kappa shape index (κ1) is 15.2. The van der Waals surface area contributed by atoms with Crippen molar-refractivity contribution >= 4 is 23.1 Å². The first-order valence-electron chi connectivity index (χ1n) is 5.81. The van der Waals surface area contributed by atoms with Gasteiger partial charge in [0.25, 0.3) is 0 Å². The number of thiocarbonyl (C=S) groups is 1. The third-order valence-corrected chi connectivity index (χ3v) is 3.44. The van der Waals surface area contributed by atoms with Crippen molar-refractivity contribution in [1.29, 1.82) is 0 Å². The zero-order valence-electron chi connectivity index (χ0n) is 10.2. The molecule has 0 atom stereocenters. The minimum absolute atomic E-state index is 0.0286. The summed E-state index contributed by atoms with van der Waals surface area (Å²) in [5.74, 6) is -1.76. The van der Waals surface area contributed by atoms with Crippen molar-refractivity contribution in [2.24, 2.45) is 17.6 Å². The summed E-state index contributed by atoms with van der Waals surface area (Å²) in [4.78, 5) is 13.5. The van der Waals surface area contributed by atoms with Gasteiger partial charge < -0.3 is 10.6 Å². The van der Waals surface area contributed by atoms with Crippen LogP contribution in [0.1, 0.15) is 25.7 Å². The Morgan fingerprint density at radius 2 is 1.83 bits per heavy atom. The SMILES string of the molecule is CN(CC(N)=S)C(=O)C1CCC(C(F)(F)F)CC1. The van der Waals surface area contributed by atoms with Crippen molar-refractivity contribution < 1.29 is 18.0 Å². The lowest BCUT2D eigenvalue weighted by molar-refractivity contribution is -0.185. The number of rotatable bonds is 3. The third kappa shape index (κ3) is 4.12. The van der Waals surface area contributed by atoms with Crippen LogP contribution in [0.4, 0.5) is 13.2 Å². The number of alkyl halides is 3. The highest BCUT2D eigenvalue weighted by molar-refractivity contribution is 7.80. The Balaban J connectivity index is 2.48. The zero-order valence-corrected chi connectivity index (χ0v) is 11.0. The number of nitrogens with two attached hydrogens (primary N) is 1.